The van der Waals surface area contributed by atoms with Crippen molar-refractivity contribution in [2.75, 3.05) is 5.73 Å². The highest BCUT2D eigenvalue weighted by Gasteiger charge is 2.76. The molecule has 2 aromatic rings. The van der Waals surface area contributed by atoms with E-state index in [1.807, 2.05) is 0 Å². The van der Waals surface area contributed by atoms with Gasteiger partial charge in [0.25, 0.3) is 5.56 Å². The summed E-state index contributed by atoms with van der Waals surface area (Å²) in [6.07, 6.45) is -3.03. The SMILES string of the molecule is Nc1nc2c([C@@H]3O[C@@H]4C(O)[C@]4(O)[C@H]3O)coc2c(=O)[nH]1. The molecule has 2 aromatic heterocycles. The van der Waals surface area contributed by atoms with Crippen LogP contribution in [0, 0.1) is 0 Å². The van der Waals surface area contributed by atoms with Gasteiger partial charge in [0.05, 0.1) is 6.26 Å². The second kappa shape index (κ2) is 3.38. The molecule has 1 unspecified atom stereocenters. The van der Waals surface area contributed by atoms with Gasteiger partial charge < -0.3 is 30.2 Å². The summed E-state index contributed by atoms with van der Waals surface area (Å²) in [6.45, 7) is 0. The van der Waals surface area contributed by atoms with Crippen molar-refractivity contribution in [3.63, 3.8) is 0 Å². The van der Waals surface area contributed by atoms with E-state index < -0.39 is 35.6 Å². The summed E-state index contributed by atoms with van der Waals surface area (Å²) in [4.78, 5) is 17.9. The molecule has 9 nitrogen and oxygen atoms in total. The van der Waals surface area contributed by atoms with E-state index in [0.717, 1.165) is 0 Å². The zero-order valence-corrected chi connectivity index (χ0v) is 9.98. The van der Waals surface area contributed by atoms with E-state index in [9.17, 15) is 20.1 Å². The smallest absolute Gasteiger partial charge is 0.295 e. The number of H-pyrrole nitrogens is 1. The highest BCUT2D eigenvalue weighted by atomic mass is 16.6. The maximum absolute atomic E-state index is 11.6. The van der Waals surface area contributed by atoms with E-state index in [-0.39, 0.29) is 17.0 Å². The third-order valence-electron chi connectivity index (χ3n) is 3.94. The van der Waals surface area contributed by atoms with E-state index in [1.54, 1.807) is 0 Å². The second-order valence-electron chi connectivity index (χ2n) is 5.07. The first-order valence-electron chi connectivity index (χ1n) is 5.95. The molecule has 2 aliphatic rings. The van der Waals surface area contributed by atoms with Crippen LogP contribution in [0.25, 0.3) is 11.1 Å². The van der Waals surface area contributed by atoms with E-state index in [4.69, 9.17) is 14.9 Å². The van der Waals surface area contributed by atoms with Crippen LogP contribution >= 0.6 is 0 Å². The van der Waals surface area contributed by atoms with Gasteiger partial charge in [-0.15, -0.1) is 0 Å². The van der Waals surface area contributed by atoms with Crippen molar-refractivity contribution in [1.29, 1.82) is 0 Å². The molecular formula is C11H11N3O6. The Morgan fingerprint density at radius 3 is 2.80 bits per heavy atom. The quantitative estimate of drug-likeness (QED) is 0.402. The summed E-state index contributed by atoms with van der Waals surface area (Å²) < 4.78 is 10.5. The van der Waals surface area contributed by atoms with Crippen LogP contribution in [-0.4, -0.2) is 49.2 Å². The number of ether oxygens (including phenoxy) is 1. The normalized spacial score (nSPS) is 39.1. The van der Waals surface area contributed by atoms with Gasteiger partial charge in [0.15, 0.2) is 5.60 Å². The first-order valence-corrected chi connectivity index (χ1v) is 5.95. The maximum Gasteiger partial charge on any atom is 0.295 e. The third-order valence-corrected chi connectivity index (χ3v) is 3.94. The molecule has 106 valence electrons. The van der Waals surface area contributed by atoms with Gasteiger partial charge in [-0.2, -0.15) is 0 Å². The number of aliphatic hydroxyl groups is 3. The summed E-state index contributed by atoms with van der Waals surface area (Å²) >= 11 is 0. The lowest BCUT2D eigenvalue weighted by Gasteiger charge is -2.19. The molecule has 6 N–H and O–H groups in total. The largest absolute Gasteiger partial charge is 0.456 e. The number of rotatable bonds is 1. The standard InChI is InChI=1S/C11H11N3O6/c12-10-13-3-2(1-19-5(3)9(17)14-10)4-6(15)11(18)7(16)8(11)20-4/h1,4,6-8,15-16,18H,(H3,12,13,14,17)/t4-,6-,7?,8+,11+/m0/s1. The summed E-state index contributed by atoms with van der Waals surface area (Å²) in [5.41, 5.74) is 3.67. The van der Waals surface area contributed by atoms with Gasteiger partial charge in [0, 0.05) is 5.56 Å². The molecule has 9 heteroatoms. The number of aromatic amines is 1. The number of hydrogen-bond acceptors (Lipinski definition) is 8. The Morgan fingerprint density at radius 2 is 2.15 bits per heavy atom. The van der Waals surface area contributed by atoms with Crippen molar-refractivity contribution in [2.24, 2.45) is 0 Å². The number of anilines is 1. The fraction of sp³-hybridized carbons (Fsp3) is 0.455. The van der Waals surface area contributed by atoms with Crippen molar-refractivity contribution < 1.29 is 24.5 Å². The average molecular weight is 281 g/mol. The van der Waals surface area contributed by atoms with Gasteiger partial charge in [0.2, 0.25) is 11.5 Å². The lowest BCUT2D eigenvalue weighted by atomic mass is 10.0. The fourth-order valence-electron chi connectivity index (χ4n) is 2.75. The first-order chi connectivity index (χ1) is 9.44. The summed E-state index contributed by atoms with van der Waals surface area (Å²) in [5, 5.41) is 29.5. The van der Waals surface area contributed by atoms with E-state index >= 15 is 0 Å². The van der Waals surface area contributed by atoms with E-state index in [0.29, 0.717) is 5.56 Å². The van der Waals surface area contributed by atoms with Crippen LogP contribution in [0.1, 0.15) is 11.7 Å². The Morgan fingerprint density at radius 1 is 1.40 bits per heavy atom. The number of nitrogens with one attached hydrogen (secondary N) is 1. The lowest BCUT2D eigenvalue weighted by molar-refractivity contribution is -0.0669. The molecule has 0 amide bonds. The van der Waals surface area contributed by atoms with E-state index in [2.05, 4.69) is 9.97 Å². The molecule has 1 aliphatic carbocycles. The molecule has 0 bridgehead atoms. The van der Waals surface area contributed by atoms with E-state index in [1.165, 1.54) is 6.26 Å². The molecule has 3 heterocycles. The van der Waals surface area contributed by atoms with Crippen molar-refractivity contribution >= 4 is 17.0 Å². The zero-order valence-electron chi connectivity index (χ0n) is 9.98. The Bertz CT molecular complexity index is 769. The van der Waals surface area contributed by atoms with Gasteiger partial charge in [-0.1, -0.05) is 0 Å². The monoisotopic (exact) mass is 281 g/mol. The van der Waals surface area contributed by atoms with Crippen LogP contribution in [0.5, 0.6) is 0 Å². The number of hydrogen-bond donors (Lipinski definition) is 5. The molecule has 2 fully saturated rings. The van der Waals surface area contributed by atoms with Crippen LogP contribution in [0.15, 0.2) is 15.5 Å². The highest BCUT2D eigenvalue weighted by Crippen LogP contribution is 2.55. The minimum atomic E-state index is -1.68. The van der Waals surface area contributed by atoms with Crippen molar-refractivity contribution in [3.8, 4) is 0 Å². The number of aliphatic hydroxyl groups excluding tert-OH is 2. The van der Waals surface area contributed by atoms with Gasteiger partial charge >= 0.3 is 0 Å². The molecule has 4 rings (SSSR count). The Balaban J connectivity index is 1.83. The Kier molecular flexibility index (Phi) is 2.01. The number of nitrogens with two attached hydrogens (primary N) is 1. The molecule has 1 saturated carbocycles. The molecule has 0 radical (unpaired) electrons. The Labute approximate surface area is 110 Å². The maximum atomic E-state index is 11.6. The number of nitrogen functional groups attached to an aromatic ring is 1. The Hall–Kier alpha value is -1.94. The zero-order chi connectivity index (χ0) is 14.2. The number of fused-ring (bicyclic) bond motifs is 2. The van der Waals surface area contributed by atoms with Crippen molar-refractivity contribution in [1.82, 2.24) is 9.97 Å². The predicted molar refractivity (Wildman–Crippen MR) is 63.6 cm³/mol. The van der Waals surface area contributed by atoms with Gasteiger partial charge in [0.1, 0.15) is 29.9 Å². The van der Waals surface area contributed by atoms with Gasteiger partial charge in [-0.3, -0.25) is 9.78 Å². The summed E-state index contributed by atoms with van der Waals surface area (Å²) in [7, 11) is 0. The van der Waals surface area contributed by atoms with Crippen molar-refractivity contribution in [3.05, 3.63) is 22.2 Å². The number of aromatic nitrogens is 2. The summed E-state index contributed by atoms with van der Waals surface area (Å²) in [5.74, 6) is -0.0958. The second-order valence-corrected chi connectivity index (χ2v) is 5.07. The van der Waals surface area contributed by atoms with Crippen LogP contribution in [0.3, 0.4) is 0 Å². The third kappa shape index (κ3) is 1.20. The van der Waals surface area contributed by atoms with Gasteiger partial charge in [-0.25, -0.2) is 4.98 Å². The molecule has 1 saturated heterocycles. The topological polar surface area (TPSA) is 155 Å². The number of furan rings is 1. The highest BCUT2D eigenvalue weighted by molar-refractivity contribution is 5.77. The van der Waals surface area contributed by atoms with Crippen LogP contribution in [0.4, 0.5) is 5.95 Å². The number of nitrogens with zero attached hydrogens (tertiary/aromatic N) is 1. The fourth-order valence-corrected chi connectivity index (χ4v) is 2.75. The van der Waals surface area contributed by atoms with Crippen molar-refractivity contribution in [2.45, 2.75) is 30.0 Å². The molecule has 0 spiro atoms. The molecular weight excluding hydrogens is 270 g/mol. The molecule has 20 heavy (non-hydrogen) atoms. The minimum absolute atomic E-state index is 0.0434. The lowest BCUT2D eigenvalue weighted by Crippen LogP contribution is -2.34. The van der Waals surface area contributed by atoms with Gasteiger partial charge in [-0.05, 0) is 0 Å². The molecule has 5 atom stereocenters. The molecule has 0 aromatic carbocycles. The van der Waals surface area contributed by atoms with Crippen LogP contribution in [-0.2, 0) is 4.74 Å². The molecule has 1 aliphatic heterocycles. The predicted octanol–water partition coefficient (Wildman–Crippen LogP) is -2.00. The average Bonchev–Trinajstić information content (AvgIpc) is 2.74. The summed E-state index contributed by atoms with van der Waals surface area (Å²) in [6, 6.07) is 0. The minimum Gasteiger partial charge on any atom is -0.456 e. The van der Waals surface area contributed by atoms with Crippen LogP contribution < -0.4 is 11.3 Å². The first kappa shape index (κ1) is 11.9. The van der Waals surface area contributed by atoms with Crippen LogP contribution in [0.2, 0.25) is 0 Å².